The molecule has 4 heteroatoms. The van der Waals surface area contributed by atoms with Crippen molar-refractivity contribution in [2.24, 2.45) is 0 Å². The third-order valence-electron chi connectivity index (χ3n) is 4.32. The Kier molecular flexibility index (Phi) is 5.67. The molecule has 3 aromatic carbocycles. The molecule has 0 saturated heterocycles. The van der Waals surface area contributed by atoms with Gasteiger partial charge in [-0.2, -0.15) is 0 Å². The quantitative estimate of drug-likeness (QED) is 0.509. The van der Waals surface area contributed by atoms with Gasteiger partial charge in [0.2, 0.25) is 5.78 Å². The predicted molar refractivity (Wildman–Crippen MR) is 108 cm³/mol. The first-order valence-corrected chi connectivity index (χ1v) is 8.83. The zero-order valence-electron chi connectivity index (χ0n) is 15.4. The van der Waals surface area contributed by atoms with Gasteiger partial charge in [0, 0.05) is 16.8 Å². The monoisotopic (exact) mass is 358 g/mol. The first kappa shape index (κ1) is 18.4. The number of Topliss-reactive ketones (excluding diaryl/α,β-unsaturated/α-hetero) is 1. The van der Waals surface area contributed by atoms with Gasteiger partial charge in [-0.05, 0) is 43.2 Å². The second-order valence-electron chi connectivity index (χ2n) is 6.47. The molecule has 27 heavy (non-hydrogen) atoms. The van der Waals surface area contributed by atoms with Crippen LogP contribution in [0.2, 0.25) is 0 Å². The van der Waals surface area contributed by atoms with Crippen LogP contribution in [0.3, 0.4) is 0 Å². The van der Waals surface area contributed by atoms with Crippen LogP contribution < -0.4 is 10.6 Å². The molecular formula is C23H22N2O2. The van der Waals surface area contributed by atoms with Gasteiger partial charge in [-0.1, -0.05) is 60.7 Å². The molecule has 4 nitrogen and oxygen atoms in total. The second kappa shape index (κ2) is 8.32. The lowest BCUT2D eigenvalue weighted by molar-refractivity contribution is 0.0869. The van der Waals surface area contributed by atoms with Crippen LogP contribution in [0, 0.1) is 13.8 Å². The van der Waals surface area contributed by atoms with E-state index in [1.165, 1.54) is 0 Å². The molecular weight excluding hydrogens is 336 g/mol. The van der Waals surface area contributed by atoms with Crippen molar-refractivity contribution in [1.29, 1.82) is 0 Å². The maximum absolute atomic E-state index is 13.0. The second-order valence-corrected chi connectivity index (χ2v) is 6.47. The third-order valence-corrected chi connectivity index (χ3v) is 4.32. The normalized spacial score (nSPS) is 11.5. The van der Waals surface area contributed by atoms with Crippen molar-refractivity contribution in [3.05, 3.63) is 101 Å². The maximum Gasteiger partial charge on any atom is 0.253 e. The van der Waals surface area contributed by atoms with Gasteiger partial charge in [-0.25, -0.2) is 0 Å². The van der Waals surface area contributed by atoms with Gasteiger partial charge in [0.15, 0.2) is 6.17 Å². The summed E-state index contributed by atoms with van der Waals surface area (Å²) in [5.74, 6) is -0.497. The minimum atomic E-state index is -0.874. The number of aryl methyl sites for hydroxylation is 2. The summed E-state index contributed by atoms with van der Waals surface area (Å²) in [7, 11) is 0. The Bertz CT molecular complexity index is 937. The Balaban J connectivity index is 1.89. The van der Waals surface area contributed by atoms with Crippen LogP contribution in [0.4, 0.5) is 5.69 Å². The average molecular weight is 358 g/mol. The molecule has 0 unspecified atom stereocenters. The van der Waals surface area contributed by atoms with Gasteiger partial charge in [0.05, 0.1) is 0 Å². The van der Waals surface area contributed by atoms with E-state index in [9.17, 15) is 9.59 Å². The molecule has 0 aliphatic rings. The molecule has 0 bridgehead atoms. The summed E-state index contributed by atoms with van der Waals surface area (Å²) in [6.07, 6.45) is -0.874. The third kappa shape index (κ3) is 4.61. The molecule has 2 N–H and O–H groups in total. The highest BCUT2D eigenvalue weighted by molar-refractivity contribution is 6.05. The van der Waals surface area contributed by atoms with E-state index < -0.39 is 6.17 Å². The summed E-state index contributed by atoms with van der Waals surface area (Å²) < 4.78 is 0. The minimum absolute atomic E-state index is 0.194. The highest BCUT2D eigenvalue weighted by atomic mass is 16.2. The smallest absolute Gasteiger partial charge is 0.253 e. The van der Waals surface area contributed by atoms with E-state index in [2.05, 4.69) is 10.6 Å². The van der Waals surface area contributed by atoms with Crippen molar-refractivity contribution in [2.45, 2.75) is 20.0 Å². The molecule has 0 saturated carbocycles. The fraction of sp³-hybridized carbons (Fsp3) is 0.130. The number of anilines is 1. The molecule has 0 fully saturated rings. The first-order valence-electron chi connectivity index (χ1n) is 8.83. The molecule has 0 radical (unpaired) electrons. The fourth-order valence-corrected chi connectivity index (χ4v) is 2.79. The fourth-order valence-electron chi connectivity index (χ4n) is 2.79. The van der Waals surface area contributed by atoms with E-state index in [1.807, 2.05) is 44.2 Å². The summed E-state index contributed by atoms with van der Waals surface area (Å²) in [5.41, 5.74) is 3.93. The molecule has 0 heterocycles. The number of amides is 1. The van der Waals surface area contributed by atoms with Crippen molar-refractivity contribution in [3.8, 4) is 0 Å². The van der Waals surface area contributed by atoms with E-state index >= 15 is 0 Å². The van der Waals surface area contributed by atoms with Gasteiger partial charge in [0.25, 0.3) is 5.91 Å². The van der Waals surface area contributed by atoms with E-state index in [0.717, 1.165) is 16.8 Å². The van der Waals surface area contributed by atoms with E-state index in [0.29, 0.717) is 11.1 Å². The summed E-state index contributed by atoms with van der Waals surface area (Å²) in [4.78, 5) is 25.7. The van der Waals surface area contributed by atoms with E-state index in [4.69, 9.17) is 0 Å². The Labute approximate surface area is 159 Å². The van der Waals surface area contributed by atoms with Crippen LogP contribution in [0.25, 0.3) is 0 Å². The number of carbonyl (C=O) groups excluding carboxylic acids is 2. The number of rotatable bonds is 6. The number of hydrogen-bond donors (Lipinski definition) is 2. The van der Waals surface area contributed by atoms with Crippen LogP contribution in [0.1, 0.15) is 31.8 Å². The van der Waals surface area contributed by atoms with Crippen LogP contribution in [-0.4, -0.2) is 17.9 Å². The highest BCUT2D eigenvalue weighted by Crippen LogP contribution is 2.18. The molecule has 0 aliphatic heterocycles. The molecule has 0 aromatic heterocycles. The van der Waals surface area contributed by atoms with Crippen molar-refractivity contribution in [3.63, 3.8) is 0 Å². The largest absolute Gasteiger partial charge is 0.359 e. The lowest BCUT2D eigenvalue weighted by Crippen LogP contribution is -2.46. The SMILES string of the molecule is Cc1ccc(C)c(N[C@H](NC(=O)c2ccccc2)C(=O)c2ccccc2)c1. The Morgan fingerprint density at radius 1 is 0.778 bits per heavy atom. The van der Waals surface area contributed by atoms with Crippen molar-refractivity contribution in [1.82, 2.24) is 5.32 Å². The van der Waals surface area contributed by atoms with Crippen LogP contribution in [-0.2, 0) is 0 Å². The van der Waals surface area contributed by atoms with Crippen molar-refractivity contribution < 1.29 is 9.59 Å². The zero-order valence-corrected chi connectivity index (χ0v) is 15.4. The van der Waals surface area contributed by atoms with Crippen LogP contribution in [0.15, 0.2) is 78.9 Å². The van der Waals surface area contributed by atoms with Gasteiger partial charge in [-0.15, -0.1) is 0 Å². The number of nitrogens with one attached hydrogen (secondary N) is 2. The van der Waals surface area contributed by atoms with Gasteiger partial charge < -0.3 is 10.6 Å². The summed E-state index contributed by atoms with van der Waals surface area (Å²) in [6.45, 7) is 3.95. The van der Waals surface area contributed by atoms with Gasteiger partial charge >= 0.3 is 0 Å². The minimum Gasteiger partial charge on any atom is -0.359 e. The molecule has 136 valence electrons. The summed E-state index contributed by atoms with van der Waals surface area (Å²) >= 11 is 0. The molecule has 3 rings (SSSR count). The Hall–Kier alpha value is -3.40. The van der Waals surface area contributed by atoms with E-state index in [1.54, 1.807) is 48.5 Å². The Morgan fingerprint density at radius 2 is 1.37 bits per heavy atom. The molecule has 1 amide bonds. The van der Waals surface area contributed by atoms with Gasteiger partial charge in [-0.3, -0.25) is 9.59 Å². The summed E-state index contributed by atoms with van der Waals surface area (Å²) in [5, 5.41) is 6.03. The van der Waals surface area contributed by atoms with Crippen molar-refractivity contribution in [2.75, 3.05) is 5.32 Å². The number of benzene rings is 3. The maximum atomic E-state index is 13.0. The lowest BCUT2D eigenvalue weighted by Gasteiger charge is -2.22. The lowest BCUT2D eigenvalue weighted by atomic mass is 10.1. The molecule has 1 atom stereocenters. The number of ketones is 1. The molecule has 0 aliphatic carbocycles. The van der Waals surface area contributed by atoms with Gasteiger partial charge in [0.1, 0.15) is 0 Å². The molecule has 3 aromatic rings. The zero-order chi connectivity index (χ0) is 19.2. The summed E-state index contributed by atoms with van der Waals surface area (Å²) in [6, 6.07) is 23.8. The van der Waals surface area contributed by atoms with E-state index in [-0.39, 0.29) is 11.7 Å². The average Bonchev–Trinajstić information content (AvgIpc) is 2.71. The predicted octanol–water partition coefficient (Wildman–Crippen LogP) is 4.35. The highest BCUT2D eigenvalue weighted by Gasteiger charge is 2.23. The molecule has 0 spiro atoms. The standard InChI is InChI=1S/C23H22N2O2/c1-16-13-14-17(2)20(15-16)24-22(21(26)18-9-5-3-6-10-18)25-23(27)19-11-7-4-8-12-19/h3-15,22,24H,1-2H3,(H,25,27)/t22-/m1/s1. The van der Waals surface area contributed by atoms with Crippen molar-refractivity contribution >= 4 is 17.4 Å². The van der Waals surface area contributed by atoms with Crippen LogP contribution >= 0.6 is 0 Å². The number of carbonyl (C=O) groups is 2. The Morgan fingerprint density at radius 3 is 2.00 bits per heavy atom. The topological polar surface area (TPSA) is 58.2 Å². The number of hydrogen-bond acceptors (Lipinski definition) is 3. The first-order chi connectivity index (χ1) is 13.0. The van der Waals surface area contributed by atoms with Crippen LogP contribution in [0.5, 0.6) is 0 Å².